The highest BCUT2D eigenvalue weighted by Crippen LogP contribution is 2.39. The fourth-order valence-electron chi connectivity index (χ4n) is 6.62. The van der Waals surface area contributed by atoms with Gasteiger partial charge in [0.25, 0.3) is 0 Å². The van der Waals surface area contributed by atoms with Gasteiger partial charge in [0.05, 0.1) is 7.94 Å². The lowest BCUT2D eigenvalue weighted by Gasteiger charge is -2.14. The van der Waals surface area contributed by atoms with Crippen molar-refractivity contribution in [1.82, 2.24) is 15.0 Å². The first-order valence-corrected chi connectivity index (χ1v) is 16.0. The van der Waals surface area contributed by atoms with Gasteiger partial charge in [-0.2, -0.15) is 0 Å². The third-order valence-corrected chi connectivity index (χ3v) is 8.89. The Balaban J connectivity index is 1.22. The topological polar surface area (TPSA) is 56.2 Å². The molecule has 49 heavy (non-hydrogen) atoms. The van der Waals surface area contributed by atoms with E-state index in [1.807, 2.05) is 84.9 Å². The van der Waals surface area contributed by atoms with Crippen LogP contribution in [0.15, 0.2) is 162 Å². The van der Waals surface area contributed by atoms with Crippen molar-refractivity contribution in [3.05, 3.63) is 169 Å². The molecule has 0 radical (unpaired) electrons. The molecule has 0 unspecified atom stereocenters. The van der Waals surface area contributed by atoms with Gasteiger partial charge in [-0.15, -0.1) is 0 Å². The summed E-state index contributed by atoms with van der Waals surface area (Å²) in [4.78, 5) is 18.7. The van der Waals surface area contributed by atoms with Crippen LogP contribution in [0.5, 0.6) is 0 Å². The van der Waals surface area contributed by atoms with Gasteiger partial charge < -0.3 is 4.42 Å². The van der Waals surface area contributed by atoms with Gasteiger partial charge in [-0.05, 0) is 57.3 Å². The molecule has 0 aliphatic rings. The maximum atomic E-state index is 8.28. The number of aromatic nitrogens is 3. The molecule has 2 aromatic heterocycles. The number of nitrogens with zero attached hydrogens (tertiary/aromatic N) is 4. The molecule has 0 aliphatic carbocycles. The second-order valence-corrected chi connectivity index (χ2v) is 11.8. The van der Waals surface area contributed by atoms with Gasteiger partial charge in [0.15, 0.2) is 23.2 Å². The summed E-state index contributed by atoms with van der Waals surface area (Å²) in [6, 6.07) is 50.3. The standard InChI is InChI=1S/C44H26N4O/c1-45-32-17-10-15-30(27-32)34-25-24-33(35-18-5-6-19-36(34)35)29-14-9-16-31(26-29)43-46-42(28-12-3-2-4-13-28)47-44(48-43)38-21-11-23-40-41(38)37-20-7-8-22-39(37)49-40/h2-27H/i3D. The first-order chi connectivity index (χ1) is 24.6. The van der Waals surface area contributed by atoms with E-state index < -0.39 is 0 Å². The fraction of sp³-hybridized carbons (Fsp3) is 0. The number of para-hydroxylation sites is 1. The monoisotopic (exact) mass is 627 g/mol. The zero-order valence-corrected chi connectivity index (χ0v) is 26.1. The van der Waals surface area contributed by atoms with Crippen LogP contribution in [0.4, 0.5) is 5.69 Å². The average Bonchev–Trinajstić information content (AvgIpc) is 3.56. The minimum atomic E-state index is 0.382. The molecule has 0 atom stereocenters. The van der Waals surface area contributed by atoms with E-state index in [0.29, 0.717) is 29.2 Å². The zero-order chi connectivity index (χ0) is 33.6. The SMILES string of the molecule is [2H]c1cccc(-c2nc(-c3cccc(-c4ccc(-c5cccc([N+]#[C-])c5)c5ccccc45)c3)nc(-c3cccc4oc5ccccc5c34)n2)c1. The largest absolute Gasteiger partial charge is 0.456 e. The Morgan fingerprint density at radius 2 is 1.06 bits per heavy atom. The molecule has 0 amide bonds. The lowest BCUT2D eigenvalue weighted by atomic mass is 9.91. The maximum absolute atomic E-state index is 8.28. The highest BCUT2D eigenvalue weighted by atomic mass is 16.3. The zero-order valence-electron chi connectivity index (χ0n) is 27.1. The van der Waals surface area contributed by atoms with Crippen molar-refractivity contribution in [2.24, 2.45) is 0 Å². The van der Waals surface area contributed by atoms with Crippen LogP contribution in [0.2, 0.25) is 0 Å². The van der Waals surface area contributed by atoms with Gasteiger partial charge in [0, 0.05) is 27.5 Å². The van der Waals surface area contributed by atoms with Crippen molar-refractivity contribution in [3.8, 4) is 56.4 Å². The lowest BCUT2D eigenvalue weighted by molar-refractivity contribution is 0.669. The number of furan rings is 1. The Bertz CT molecular complexity index is 2810. The molecule has 0 bridgehead atoms. The summed E-state index contributed by atoms with van der Waals surface area (Å²) in [5.41, 5.74) is 8.81. The molecule has 0 fully saturated rings. The highest BCUT2D eigenvalue weighted by Gasteiger charge is 2.18. The van der Waals surface area contributed by atoms with Crippen LogP contribution < -0.4 is 0 Å². The summed E-state index contributed by atoms with van der Waals surface area (Å²) in [5.74, 6) is 1.55. The van der Waals surface area contributed by atoms with E-state index in [4.69, 9.17) is 27.3 Å². The van der Waals surface area contributed by atoms with Crippen LogP contribution in [-0.4, -0.2) is 15.0 Å². The first kappa shape index (κ1) is 27.2. The lowest BCUT2D eigenvalue weighted by Crippen LogP contribution is -2.00. The molecule has 0 aliphatic heterocycles. The molecular formula is C44H26N4O. The molecule has 0 spiro atoms. The minimum absolute atomic E-state index is 0.382. The van der Waals surface area contributed by atoms with Gasteiger partial charge in [-0.3, -0.25) is 0 Å². The summed E-state index contributed by atoms with van der Waals surface area (Å²) >= 11 is 0. The number of hydrogen-bond donors (Lipinski definition) is 0. The Kier molecular flexibility index (Phi) is 6.51. The Morgan fingerprint density at radius 3 is 1.84 bits per heavy atom. The molecule has 0 saturated carbocycles. The fourth-order valence-corrected chi connectivity index (χ4v) is 6.62. The van der Waals surface area contributed by atoms with Crippen molar-refractivity contribution >= 4 is 38.4 Å². The summed E-state index contributed by atoms with van der Waals surface area (Å²) in [6.45, 7) is 7.50. The molecular weight excluding hydrogens is 601 g/mol. The van der Waals surface area contributed by atoms with E-state index in [0.717, 1.165) is 71.7 Å². The second kappa shape index (κ2) is 11.7. The number of hydrogen-bond acceptors (Lipinski definition) is 4. The van der Waals surface area contributed by atoms with E-state index in [9.17, 15) is 0 Å². The molecule has 5 heteroatoms. The minimum Gasteiger partial charge on any atom is -0.456 e. The smallest absolute Gasteiger partial charge is 0.187 e. The van der Waals surface area contributed by atoms with Gasteiger partial charge >= 0.3 is 0 Å². The number of benzene rings is 7. The number of rotatable bonds is 5. The Hall–Kier alpha value is -6.90. The molecule has 2 heterocycles. The third kappa shape index (κ3) is 5.00. The van der Waals surface area contributed by atoms with Crippen LogP contribution in [0.1, 0.15) is 1.37 Å². The van der Waals surface area contributed by atoms with Gasteiger partial charge in [0.2, 0.25) is 0 Å². The molecule has 9 aromatic rings. The van der Waals surface area contributed by atoms with Gasteiger partial charge in [-0.1, -0.05) is 133 Å². The summed E-state index contributed by atoms with van der Waals surface area (Å²) in [6.07, 6.45) is 0. The maximum Gasteiger partial charge on any atom is 0.187 e. The van der Waals surface area contributed by atoms with Crippen LogP contribution in [0, 0.1) is 6.57 Å². The summed E-state index contributed by atoms with van der Waals surface area (Å²) < 4.78 is 14.5. The normalized spacial score (nSPS) is 11.5. The predicted molar refractivity (Wildman–Crippen MR) is 198 cm³/mol. The number of fused-ring (bicyclic) bond motifs is 4. The molecule has 9 rings (SSSR count). The van der Waals surface area contributed by atoms with Crippen molar-refractivity contribution in [3.63, 3.8) is 0 Å². The van der Waals surface area contributed by atoms with Crippen molar-refractivity contribution in [2.45, 2.75) is 0 Å². The quantitative estimate of drug-likeness (QED) is 0.178. The Morgan fingerprint density at radius 1 is 0.469 bits per heavy atom. The van der Waals surface area contributed by atoms with Crippen LogP contribution >= 0.6 is 0 Å². The average molecular weight is 628 g/mol. The van der Waals surface area contributed by atoms with Gasteiger partial charge in [-0.25, -0.2) is 19.8 Å². The molecule has 0 saturated heterocycles. The van der Waals surface area contributed by atoms with E-state index in [1.165, 1.54) is 0 Å². The molecule has 5 nitrogen and oxygen atoms in total. The van der Waals surface area contributed by atoms with Crippen LogP contribution in [-0.2, 0) is 0 Å². The van der Waals surface area contributed by atoms with Crippen molar-refractivity contribution in [1.29, 1.82) is 0 Å². The molecule has 7 aromatic carbocycles. The molecule has 228 valence electrons. The third-order valence-electron chi connectivity index (χ3n) is 8.89. The van der Waals surface area contributed by atoms with E-state index in [2.05, 4.69) is 59.4 Å². The molecule has 0 N–H and O–H groups in total. The van der Waals surface area contributed by atoms with Crippen molar-refractivity contribution < 1.29 is 5.79 Å². The van der Waals surface area contributed by atoms with E-state index in [-0.39, 0.29) is 0 Å². The summed E-state index contributed by atoms with van der Waals surface area (Å²) in [7, 11) is 0. The Labute approximate surface area is 284 Å². The highest BCUT2D eigenvalue weighted by molar-refractivity contribution is 6.12. The summed E-state index contributed by atoms with van der Waals surface area (Å²) in [5, 5.41) is 4.16. The van der Waals surface area contributed by atoms with Crippen LogP contribution in [0.25, 0.3) is 94.0 Å². The van der Waals surface area contributed by atoms with Gasteiger partial charge in [0.1, 0.15) is 11.2 Å². The predicted octanol–water partition coefficient (Wildman–Crippen LogP) is 11.8. The van der Waals surface area contributed by atoms with E-state index in [1.54, 1.807) is 12.1 Å². The van der Waals surface area contributed by atoms with Crippen LogP contribution in [0.3, 0.4) is 0 Å². The second-order valence-electron chi connectivity index (χ2n) is 11.8. The first-order valence-electron chi connectivity index (χ1n) is 16.5. The van der Waals surface area contributed by atoms with Crippen molar-refractivity contribution in [2.75, 3.05) is 0 Å². The van der Waals surface area contributed by atoms with E-state index >= 15 is 0 Å².